The third-order valence-electron chi connectivity index (χ3n) is 3.02. The first-order chi connectivity index (χ1) is 8.97. The Kier molecular flexibility index (Phi) is 4.29. The summed E-state index contributed by atoms with van der Waals surface area (Å²) in [4.78, 5) is 9.55. The van der Waals surface area contributed by atoms with Crippen molar-refractivity contribution in [3.05, 3.63) is 39.9 Å². The van der Waals surface area contributed by atoms with Crippen molar-refractivity contribution in [1.82, 2.24) is 0 Å². The number of non-ortho nitro benzene ring substituents is 1. The summed E-state index contributed by atoms with van der Waals surface area (Å²) in [5, 5.41) is 10.4. The van der Waals surface area contributed by atoms with E-state index in [2.05, 4.69) is 0 Å². The maximum atomic E-state index is 13.9. The summed E-state index contributed by atoms with van der Waals surface area (Å²) in [6.45, 7) is 1.76. The monoisotopic (exact) mass is 313 g/mol. The fourth-order valence-electron chi connectivity index (χ4n) is 1.46. The van der Waals surface area contributed by atoms with Crippen LogP contribution in [0.3, 0.4) is 0 Å². The molecule has 0 aromatic heterocycles. The van der Waals surface area contributed by atoms with E-state index in [1.165, 1.54) is 0 Å². The summed E-state index contributed by atoms with van der Waals surface area (Å²) in [6, 6.07) is 2.49. The van der Waals surface area contributed by atoms with Crippen LogP contribution in [0.15, 0.2) is 24.3 Å². The predicted molar refractivity (Wildman–Crippen MR) is 66.0 cm³/mol. The molecule has 1 atom stereocenters. The van der Waals surface area contributed by atoms with Gasteiger partial charge in [-0.15, -0.1) is 0 Å². The van der Waals surface area contributed by atoms with Gasteiger partial charge in [0.2, 0.25) is 0 Å². The average molecular weight is 313 g/mol. The maximum Gasteiger partial charge on any atom is 0.363 e. The van der Waals surface area contributed by atoms with Gasteiger partial charge in [0.15, 0.2) is 7.14 Å². The van der Waals surface area contributed by atoms with Crippen LogP contribution in [0.5, 0.6) is 0 Å². The van der Waals surface area contributed by atoms with E-state index in [9.17, 15) is 32.2 Å². The Labute approximate surface area is 112 Å². The third kappa shape index (κ3) is 2.57. The minimum absolute atomic E-state index is 0.497. The van der Waals surface area contributed by atoms with Gasteiger partial charge in [-0.1, -0.05) is 6.92 Å². The van der Waals surface area contributed by atoms with Gasteiger partial charge in [0.25, 0.3) is 5.69 Å². The van der Waals surface area contributed by atoms with E-state index >= 15 is 0 Å². The highest BCUT2D eigenvalue weighted by atomic mass is 31.2. The van der Waals surface area contributed by atoms with Crippen LogP contribution >= 0.6 is 7.14 Å². The van der Waals surface area contributed by atoms with Crippen molar-refractivity contribution in [1.29, 1.82) is 0 Å². The molecule has 0 fully saturated rings. The van der Waals surface area contributed by atoms with E-state index in [0.717, 1.165) is 6.92 Å². The largest absolute Gasteiger partial charge is 0.363 e. The Hall–Kier alpha value is -1.43. The molecule has 1 aromatic carbocycles. The van der Waals surface area contributed by atoms with Gasteiger partial charge in [0, 0.05) is 23.9 Å². The van der Waals surface area contributed by atoms with Crippen LogP contribution in [-0.2, 0) is 10.5 Å². The first-order valence-corrected chi connectivity index (χ1v) is 7.88. The molecule has 0 N–H and O–H groups in total. The fourth-order valence-corrected chi connectivity index (χ4v) is 2.58. The zero-order valence-corrected chi connectivity index (χ0v) is 11.5. The minimum Gasteiger partial charge on any atom is -0.317 e. The van der Waals surface area contributed by atoms with E-state index in [1.54, 1.807) is 0 Å². The highest BCUT2D eigenvalue weighted by Crippen LogP contribution is 2.65. The van der Waals surface area contributed by atoms with Crippen molar-refractivity contribution >= 4 is 12.8 Å². The number of hydrogen-bond acceptors (Lipinski definition) is 3. The predicted octanol–water partition coefficient (Wildman–Crippen LogP) is 4.29. The number of nitro groups is 1. The van der Waals surface area contributed by atoms with Crippen molar-refractivity contribution in [2.75, 3.05) is 12.8 Å². The smallest absolute Gasteiger partial charge is 0.317 e. The SMILES string of the molecule is CCP(C)(=O)C(F)(F)C(F)(F)c1ccc([N+](=O)[O-])cc1. The minimum atomic E-state index is -4.72. The molecule has 0 aliphatic carbocycles. The van der Waals surface area contributed by atoms with Gasteiger partial charge >= 0.3 is 11.6 Å². The van der Waals surface area contributed by atoms with Crippen molar-refractivity contribution in [2.45, 2.75) is 18.5 Å². The molecule has 9 heteroatoms. The summed E-state index contributed by atoms with van der Waals surface area (Å²) in [7, 11) is -4.41. The fraction of sp³-hybridized carbons (Fsp3) is 0.455. The number of halogens is 4. The molecule has 0 aliphatic rings. The molecule has 112 valence electrons. The molecule has 1 unspecified atom stereocenters. The Bertz CT molecular complexity index is 559. The lowest BCUT2D eigenvalue weighted by Crippen LogP contribution is -2.38. The Balaban J connectivity index is 3.28. The molecule has 0 bridgehead atoms. The molecule has 20 heavy (non-hydrogen) atoms. The van der Waals surface area contributed by atoms with Crippen LogP contribution < -0.4 is 0 Å². The maximum absolute atomic E-state index is 13.9. The Morgan fingerprint density at radius 2 is 1.65 bits per heavy atom. The van der Waals surface area contributed by atoms with E-state index in [0.29, 0.717) is 30.9 Å². The van der Waals surface area contributed by atoms with Gasteiger partial charge < -0.3 is 4.57 Å². The molecule has 0 amide bonds. The van der Waals surface area contributed by atoms with Gasteiger partial charge in [-0.3, -0.25) is 10.1 Å². The van der Waals surface area contributed by atoms with Crippen molar-refractivity contribution in [3.63, 3.8) is 0 Å². The number of benzene rings is 1. The van der Waals surface area contributed by atoms with E-state index < -0.39 is 41.1 Å². The quantitative estimate of drug-likeness (QED) is 0.352. The standard InChI is InChI=1S/C11H12F4NO3P/c1-3-20(2,19)11(14,15)10(12,13)8-4-6-9(7-5-8)16(17)18/h4-7H,3H2,1-2H3. The molecule has 1 aromatic rings. The van der Waals surface area contributed by atoms with E-state index in [-0.39, 0.29) is 0 Å². The highest BCUT2D eigenvalue weighted by Gasteiger charge is 2.65. The topological polar surface area (TPSA) is 60.2 Å². The summed E-state index contributed by atoms with van der Waals surface area (Å²) >= 11 is 0. The number of alkyl halides is 4. The number of hydrogen-bond donors (Lipinski definition) is 0. The van der Waals surface area contributed by atoms with Crippen LogP contribution in [0.4, 0.5) is 23.2 Å². The zero-order chi connectivity index (χ0) is 15.8. The second-order valence-corrected chi connectivity index (χ2v) is 7.73. The third-order valence-corrected chi connectivity index (χ3v) is 5.69. The normalized spacial score (nSPS) is 15.7. The summed E-state index contributed by atoms with van der Waals surface area (Å²) < 4.78 is 66.9. The van der Waals surface area contributed by atoms with E-state index in [4.69, 9.17) is 0 Å². The second kappa shape index (κ2) is 5.16. The molecule has 0 spiro atoms. The molecular weight excluding hydrogens is 301 g/mol. The van der Waals surface area contributed by atoms with Crippen LogP contribution in [0.2, 0.25) is 0 Å². The summed E-state index contributed by atoms with van der Waals surface area (Å²) in [6.07, 6.45) is -0.581. The zero-order valence-electron chi connectivity index (χ0n) is 10.6. The average Bonchev–Trinajstić information content (AvgIpc) is 2.38. The summed E-state index contributed by atoms with van der Waals surface area (Å²) in [5.74, 6) is -4.66. The first kappa shape index (κ1) is 16.6. The van der Waals surface area contributed by atoms with Crippen LogP contribution in [0.25, 0.3) is 0 Å². The molecule has 4 nitrogen and oxygen atoms in total. The highest BCUT2D eigenvalue weighted by molar-refractivity contribution is 7.64. The van der Waals surface area contributed by atoms with Gasteiger partial charge in [-0.25, -0.2) is 0 Å². The van der Waals surface area contributed by atoms with E-state index in [1.807, 2.05) is 0 Å². The lowest BCUT2D eigenvalue weighted by Gasteiger charge is -2.31. The number of nitro benzene ring substituents is 1. The molecule has 0 aliphatic heterocycles. The van der Waals surface area contributed by atoms with Gasteiger partial charge in [-0.05, 0) is 18.8 Å². The van der Waals surface area contributed by atoms with Crippen molar-refractivity contribution in [2.24, 2.45) is 0 Å². The molecule has 1 rings (SSSR count). The van der Waals surface area contributed by atoms with Crippen LogP contribution in [0, 0.1) is 10.1 Å². The lowest BCUT2D eigenvalue weighted by molar-refractivity contribution is -0.384. The molecular formula is C11H12F4NO3P. The second-order valence-electron chi connectivity index (χ2n) is 4.34. The first-order valence-electron chi connectivity index (χ1n) is 5.54. The van der Waals surface area contributed by atoms with Crippen LogP contribution in [-0.4, -0.2) is 23.4 Å². The summed E-state index contributed by atoms with van der Waals surface area (Å²) in [5.41, 5.74) is -6.32. The molecule has 0 heterocycles. The van der Waals surface area contributed by atoms with Gasteiger partial charge in [0.1, 0.15) is 0 Å². The molecule has 0 saturated heterocycles. The molecule has 0 radical (unpaired) electrons. The molecule has 0 saturated carbocycles. The number of rotatable bonds is 5. The lowest BCUT2D eigenvalue weighted by atomic mass is 10.1. The van der Waals surface area contributed by atoms with Crippen molar-refractivity contribution in [3.8, 4) is 0 Å². The van der Waals surface area contributed by atoms with Crippen molar-refractivity contribution < 1.29 is 27.1 Å². The number of nitrogens with zero attached hydrogens (tertiary/aromatic N) is 1. The van der Waals surface area contributed by atoms with Gasteiger partial charge in [-0.2, -0.15) is 17.6 Å². The van der Waals surface area contributed by atoms with Gasteiger partial charge in [0.05, 0.1) is 4.92 Å². The van der Waals surface area contributed by atoms with Crippen LogP contribution in [0.1, 0.15) is 12.5 Å². The Morgan fingerprint density at radius 3 is 2.00 bits per heavy atom. The Morgan fingerprint density at radius 1 is 1.20 bits per heavy atom.